The lowest BCUT2D eigenvalue weighted by Gasteiger charge is -2.16. The number of allylic oxidation sites excluding steroid dienone is 2. The maximum absolute atomic E-state index is 11.9. The standard InChI is InChI=1S/C12H8O6/c1-5(13)18-9-4-8(16)10-6(14)2-3-7(15)11(10)12(9)17/h2-4,14-15H,1H3. The minimum atomic E-state index is -0.826. The highest BCUT2D eigenvalue weighted by atomic mass is 16.5. The van der Waals surface area contributed by atoms with Gasteiger partial charge in [-0.3, -0.25) is 14.4 Å². The van der Waals surface area contributed by atoms with E-state index in [1.165, 1.54) is 0 Å². The highest BCUT2D eigenvalue weighted by Crippen LogP contribution is 2.34. The van der Waals surface area contributed by atoms with Gasteiger partial charge in [0.2, 0.25) is 5.78 Å². The second-order valence-electron chi connectivity index (χ2n) is 3.65. The van der Waals surface area contributed by atoms with Crippen LogP contribution in [-0.4, -0.2) is 27.7 Å². The molecule has 0 atom stereocenters. The summed E-state index contributed by atoms with van der Waals surface area (Å²) in [6.45, 7) is 1.08. The van der Waals surface area contributed by atoms with Crippen LogP contribution in [-0.2, 0) is 9.53 Å². The second kappa shape index (κ2) is 3.99. The van der Waals surface area contributed by atoms with E-state index in [4.69, 9.17) is 0 Å². The molecule has 1 aromatic carbocycles. The van der Waals surface area contributed by atoms with Crippen molar-refractivity contribution in [1.82, 2.24) is 0 Å². The molecule has 0 fully saturated rings. The van der Waals surface area contributed by atoms with E-state index in [-0.39, 0.29) is 11.1 Å². The van der Waals surface area contributed by atoms with Crippen LogP contribution >= 0.6 is 0 Å². The van der Waals surface area contributed by atoms with Gasteiger partial charge < -0.3 is 14.9 Å². The smallest absolute Gasteiger partial charge is 0.308 e. The van der Waals surface area contributed by atoms with Gasteiger partial charge in [-0.05, 0) is 12.1 Å². The number of Topliss-reactive ketones (excluding diaryl/α,β-unsaturated/α-hetero) is 1. The van der Waals surface area contributed by atoms with Crippen LogP contribution in [0.5, 0.6) is 11.5 Å². The number of carbonyl (C=O) groups is 3. The Morgan fingerprint density at radius 1 is 1.11 bits per heavy atom. The SMILES string of the molecule is CC(=O)OC1=CC(=O)c2c(O)ccc(O)c2C1=O. The number of ether oxygens (including phenoxy) is 1. The summed E-state index contributed by atoms with van der Waals surface area (Å²) in [4.78, 5) is 34.4. The molecule has 92 valence electrons. The molecule has 0 radical (unpaired) electrons. The van der Waals surface area contributed by atoms with E-state index in [9.17, 15) is 24.6 Å². The minimum Gasteiger partial charge on any atom is -0.507 e. The summed E-state index contributed by atoms with van der Waals surface area (Å²) in [6.07, 6.45) is 0.811. The third-order valence-electron chi connectivity index (χ3n) is 2.37. The lowest BCUT2D eigenvalue weighted by Crippen LogP contribution is -2.20. The van der Waals surface area contributed by atoms with E-state index in [0.717, 1.165) is 25.1 Å². The van der Waals surface area contributed by atoms with Gasteiger partial charge in [0.1, 0.15) is 11.5 Å². The maximum atomic E-state index is 11.9. The first-order chi connectivity index (χ1) is 8.41. The van der Waals surface area contributed by atoms with Crippen LogP contribution in [0, 0.1) is 0 Å². The zero-order chi connectivity index (χ0) is 13.4. The van der Waals surface area contributed by atoms with Crippen molar-refractivity contribution in [2.24, 2.45) is 0 Å². The molecular weight excluding hydrogens is 240 g/mol. The predicted octanol–water partition coefficient (Wildman–Crippen LogP) is 0.924. The predicted molar refractivity (Wildman–Crippen MR) is 58.3 cm³/mol. The van der Waals surface area contributed by atoms with Crippen molar-refractivity contribution in [3.8, 4) is 11.5 Å². The summed E-state index contributed by atoms with van der Waals surface area (Å²) in [5.74, 6) is -3.65. The fourth-order valence-electron chi connectivity index (χ4n) is 1.67. The van der Waals surface area contributed by atoms with Crippen LogP contribution in [0.25, 0.3) is 0 Å². The number of aromatic hydroxyl groups is 2. The molecule has 1 aliphatic rings. The number of rotatable bonds is 1. The number of phenols is 2. The van der Waals surface area contributed by atoms with E-state index in [0.29, 0.717) is 0 Å². The molecule has 0 aromatic heterocycles. The zero-order valence-corrected chi connectivity index (χ0v) is 9.26. The number of carbonyl (C=O) groups excluding carboxylic acids is 3. The van der Waals surface area contributed by atoms with E-state index in [1.54, 1.807) is 0 Å². The third-order valence-corrected chi connectivity index (χ3v) is 2.37. The first kappa shape index (κ1) is 11.8. The average molecular weight is 248 g/mol. The number of hydrogen-bond acceptors (Lipinski definition) is 6. The van der Waals surface area contributed by atoms with Gasteiger partial charge in [-0.1, -0.05) is 0 Å². The molecule has 0 bridgehead atoms. The highest BCUT2D eigenvalue weighted by molar-refractivity contribution is 6.26. The van der Waals surface area contributed by atoms with Gasteiger partial charge >= 0.3 is 5.97 Å². The van der Waals surface area contributed by atoms with Crippen molar-refractivity contribution in [1.29, 1.82) is 0 Å². The van der Waals surface area contributed by atoms with Gasteiger partial charge in [0, 0.05) is 13.0 Å². The van der Waals surface area contributed by atoms with Crippen LogP contribution in [0.2, 0.25) is 0 Å². The average Bonchev–Trinajstić information content (AvgIpc) is 2.28. The molecule has 2 rings (SSSR count). The Morgan fingerprint density at radius 3 is 2.22 bits per heavy atom. The Balaban J connectivity index is 2.62. The fraction of sp³-hybridized carbons (Fsp3) is 0.0833. The summed E-state index contributed by atoms with van der Waals surface area (Å²) in [7, 11) is 0. The summed E-state index contributed by atoms with van der Waals surface area (Å²) in [6, 6.07) is 2.18. The van der Waals surface area contributed by atoms with Crippen molar-refractivity contribution < 1.29 is 29.3 Å². The minimum absolute atomic E-state index is 0.295. The van der Waals surface area contributed by atoms with Gasteiger partial charge in [0.15, 0.2) is 11.5 Å². The first-order valence-corrected chi connectivity index (χ1v) is 4.96. The number of benzene rings is 1. The van der Waals surface area contributed by atoms with E-state index < -0.39 is 34.8 Å². The van der Waals surface area contributed by atoms with Gasteiger partial charge in [-0.25, -0.2) is 0 Å². The molecule has 1 aromatic rings. The summed E-state index contributed by atoms with van der Waals surface area (Å²) < 4.78 is 4.58. The Kier molecular flexibility index (Phi) is 2.63. The Labute approximate surface area is 101 Å². The van der Waals surface area contributed by atoms with Crippen LogP contribution in [0.1, 0.15) is 27.6 Å². The van der Waals surface area contributed by atoms with Crippen LogP contribution < -0.4 is 0 Å². The van der Waals surface area contributed by atoms with Gasteiger partial charge in [-0.15, -0.1) is 0 Å². The quantitative estimate of drug-likeness (QED) is 0.566. The Hall–Kier alpha value is -2.63. The van der Waals surface area contributed by atoms with E-state index >= 15 is 0 Å². The van der Waals surface area contributed by atoms with Crippen LogP contribution in [0.4, 0.5) is 0 Å². The summed E-state index contributed by atoms with van der Waals surface area (Å²) in [5.41, 5.74) is -0.658. The molecule has 0 unspecified atom stereocenters. The van der Waals surface area contributed by atoms with Gasteiger partial charge in [-0.2, -0.15) is 0 Å². The number of fused-ring (bicyclic) bond motifs is 1. The molecule has 0 saturated carbocycles. The van der Waals surface area contributed by atoms with Crippen LogP contribution in [0.3, 0.4) is 0 Å². The van der Waals surface area contributed by atoms with E-state index in [2.05, 4.69) is 4.74 Å². The number of hydrogen-bond donors (Lipinski definition) is 2. The molecule has 0 amide bonds. The number of ketones is 2. The molecule has 0 saturated heterocycles. The topological polar surface area (TPSA) is 101 Å². The second-order valence-corrected chi connectivity index (χ2v) is 3.65. The summed E-state index contributed by atoms with van der Waals surface area (Å²) in [5, 5.41) is 19.1. The molecule has 1 aliphatic carbocycles. The number of esters is 1. The molecule has 6 nitrogen and oxygen atoms in total. The number of phenolic OH excluding ortho intramolecular Hbond substituents is 2. The monoisotopic (exact) mass is 248 g/mol. The Bertz CT molecular complexity index is 611. The van der Waals surface area contributed by atoms with Crippen molar-refractivity contribution >= 4 is 17.5 Å². The third kappa shape index (κ3) is 1.73. The van der Waals surface area contributed by atoms with E-state index in [1.807, 2.05) is 0 Å². The zero-order valence-electron chi connectivity index (χ0n) is 9.26. The molecule has 2 N–H and O–H groups in total. The first-order valence-electron chi connectivity index (χ1n) is 4.96. The van der Waals surface area contributed by atoms with Gasteiger partial charge in [0.25, 0.3) is 0 Å². The Morgan fingerprint density at radius 2 is 1.67 bits per heavy atom. The molecule has 6 heteroatoms. The molecule has 0 spiro atoms. The van der Waals surface area contributed by atoms with Crippen molar-refractivity contribution in [3.63, 3.8) is 0 Å². The van der Waals surface area contributed by atoms with Crippen molar-refractivity contribution in [3.05, 3.63) is 35.1 Å². The fourth-order valence-corrected chi connectivity index (χ4v) is 1.67. The normalized spacial score (nSPS) is 13.9. The van der Waals surface area contributed by atoms with Crippen LogP contribution in [0.15, 0.2) is 24.0 Å². The largest absolute Gasteiger partial charge is 0.507 e. The maximum Gasteiger partial charge on any atom is 0.308 e. The molecule has 0 heterocycles. The molecule has 0 aliphatic heterocycles. The lowest BCUT2D eigenvalue weighted by atomic mass is 9.92. The summed E-state index contributed by atoms with van der Waals surface area (Å²) >= 11 is 0. The van der Waals surface area contributed by atoms with Gasteiger partial charge in [0.05, 0.1) is 11.1 Å². The highest BCUT2D eigenvalue weighted by Gasteiger charge is 2.32. The lowest BCUT2D eigenvalue weighted by molar-refractivity contribution is -0.136. The van der Waals surface area contributed by atoms with Crippen molar-refractivity contribution in [2.45, 2.75) is 6.92 Å². The van der Waals surface area contributed by atoms with Crippen molar-refractivity contribution in [2.75, 3.05) is 0 Å². The molecular formula is C12H8O6. The molecule has 18 heavy (non-hydrogen) atoms.